The predicted molar refractivity (Wildman–Crippen MR) is 246 cm³/mol. The molecule has 0 aliphatic carbocycles. The lowest BCUT2D eigenvalue weighted by molar-refractivity contribution is -0.106. The molecule has 378 valence electrons. The zero-order valence-corrected chi connectivity index (χ0v) is 40.8. The van der Waals surface area contributed by atoms with Crippen molar-refractivity contribution < 1.29 is 62.2 Å². The number of fused-ring (bicyclic) bond motifs is 2. The van der Waals surface area contributed by atoms with E-state index in [1.54, 1.807) is 10.8 Å². The van der Waals surface area contributed by atoms with E-state index in [0.717, 1.165) is 71.7 Å². The van der Waals surface area contributed by atoms with E-state index in [2.05, 4.69) is 40.9 Å². The van der Waals surface area contributed by atoms with Crippen LogP contribution < -0.4 is 19.2 Å². The minimum atomic E-state index is -5.68. The van der Waals surface area contributed by atoms with Crippen molar-refractivity contribution in [1.29, 1.82) is 0 Å². The van der Waals surface area contributed by atoms with Crippen LogP contribution in [0.15, 0.2) is 44.7 Å². The first-order chi connectivity index (χ1) is 32.6. The molecular weight excluding hydrogens is 1010 g/mol. The van der Waals surface area contributed by atoms with Crippen LogP contribution in [0.4, 0.5) is 70.7 Å². The number of halogens is 6. The number of nitrogens with one attached hydrogen (secondary N) is 2. The van der Waals surface area contributed by atoms with Gasteiger partial charge in [0.1, 0.15) is 11.4 Å². The molecule has 30 heteroatoms. The minimum absolute atomic E-state index is 0.00412. The number of hydrogen-bond acceptors (Lipinski definition) is 20. The number of unbranched alkanes of at least 4 members (excludes halogenated alkanes) is 2. The summed E-state index contributed by atoms with van der Waals surface area (Å²) in [5.74, 6) is -3.35. The Labute approximate surface area is 401 Å². The van der Waals surface area contributed by atoms with Crippen molar-refractivity contribution in [3.8, 4) is 0 Å². The van der Waals surface area contributed by atoms with E-state index in [1.807, 2.05) is 42.2 Å². The fraction of sp³-hybridized carbons (Fsp3) is 0.538. The Morgan fingerprint density at radius 1 is 0.667 bits per heavy atom. The second-order valence-electron chi connectivity index (χ2n) is 15.0. The molecule has 6 rings (SSSR count). The van der Waals surface area contributed by atoms with Crippen molar-refractivity contribution in [1.82, 2.24) is 20.4 Å². The quantitative estimate of drug-likeness (QED) is 0.0384. The van der Waals surface area contributed by atoms with E-state index in [4.69, 9.17) is 9.47 Å². The number of aryl methyl sites for hydroxylation is 2. The van der Waals surface area contributed by atoms with Crippen molar-refractivity contribution in [2.24, 2.45) is 20.5 Å². The Balaban J connectivity index is 0.000000258. The third kappa shape index (κ3) is 15.4. The van der Waals surface area contributed by atoms with Crippen LogP contribution in [0.1, 0.15) is 97.0 Å². The Hall–Kier alpha value is -5.62. The molecule has 4 aromatic rings. The van der Waals surface area contributed by atoms with E-state index in [9.17, 15) is 52.8 Å². The van der Waals surface area contributed by atoms with Gasteiger partial charge in [-0.05, 0) is 87.8 Å². The number of ether oxygens (including phenoxy) is 2. The average molecular weight is 1060 g/mol. The summed E-state index contributed by atoms with van der Waals surface area (Å²) in [5, 5.41) is 30.5. The van der Waals surface area contributed by atoms with Gasteiger partial charge in [0, 0.05) is 37.6 Å². The summed E-state index contributed by atoms with van der Waals surface area (Å²) in [7, 11) is -10.4. The maximum atomic E-state index is 13.0. The maximum absolute atomic E-state index is 13.0. The zero-order chi connectivity index (χ0) is 50.6. The summed E-state index contributed by atoms with van der Waals surface area (Å²) >= 11 is 1.62. The van der Waals surface area contributed by atoms with Crippen molar-refractivity contribution in [2.75, 3.05) is 64.4 Å². The molecule has 2 N–H and O–H groups in total. The van der Waals surface area contributed by atoms with E-state index >= 15 is 0 Å². The van der Waals surface area contributed by atoms with E-state index in [1.165, 1.54) is 18.2 Å². The molecule has 0 radical (unpaired) electrons. The first-order valence-corrected chi connectivity index (χ1v) is 26.2. The Morgan fingerprint density at radius 3 is 1.49 bits per heavy atom. The third-order valence-electron chi connectivity index (χ3n) is 9.88. The number of carbonyl (C=O) groups is 2. The highest BCUT2D eigenvalue weighted by atomic mass is 32.2. The second-order valence-corrected chi connectivity index (χ2v) is 20.4. The number of hydrogen-bond donors (Lipinski definition) is 2. The number of azo groups is 2. The normalized spacial score (nSPS) is 14.3. The molecule has 0 saturated heterocycles. The Kier molecular flexibility index (Phi) is 18.7. The van der Waals surface area contributed by atoms with Gasteiger partial charge in [0.15, 0.2) is 5.75 Å². The molecule has 2 aliphatic rings. The van der Waals surface area contributed by atoms with Crippen LogP contribution in [0.3, 0.4) is 0 Å². The third-order valence-corrected chi connectivity index (χ3v) is 13.8. The summed E-state index contributed by atoms with van der Waals surface area (Å²) in [5.41, 5.74) is -3.10. The lowest BCUT2D eigenvalue weighted by atomic mass is 10.0. The lowest BCUT2D eigenvalue weighted by Crippen LogP contribution is -2.31. The molecule has 2 aliphatic heterocycles. The minimum Gasteiger partial charge on any atom is -0.460 e. The van der Waals surface area contributed by atoms with Gasteiger partial charge in [-0.25, -0.2) is 18.0 Å². The van der Waals surface area contributed by atoms with Gasteiger partial charge >= 0.3 is 33.6 Å². The Morgan fingerprint density at radius 2 is 1.10 bits per heavy atom. The van der Waals surface area contributed by atoms with E-state index < -0.39 is 49.4 Å². The number of rotatable bonds is 19. The standard InChI is InChI=1S/C20H25F3N6O4S2.C19H23F3N6O4S2/c1-3-5-9-33-18(30)17-25-27-19(34-17)26-24-14-10-13-7-6-8-29(4-2)16(13)11-15(14)28-35(31,32)12-20(21,22)23;1-3-5-9-32-17(29)16-24-26-18(33-16)25-23-13-10-12-7-6-8-28(4-2)15(12)11-14(13)27-34(30,31)19(20,21)22/h10-11,28H,3-9,12H2,1-2H3;10-11,27H,3-9H2,1-2H3. The highest BCUT2D eigenvalue weighted by Crippen LogP contribution is 2.41. The molecule has 20 nitrogen and oxygen atoms in total. The van der Waals surface area contributed by atoms with E-state index in [-0.39, 0.29) is 56.2 Å². The fourth-order valence-corrected chi connectivity index (χ4v) is 9.30. The molecule has 4 heterocycles. The number of benzene rings is 2. The number of nitrogens with zero attached hydrogens (tertiary/aromatic N) is 10. The topological polar surface area (TPSA) is 252 Å². The van der Waals surface area contributed by atoms with Crippen molar-refractivity contribution in [2.45, 2.75) is 90.7 Å². The molecule has 0 saturated carbocycles. The number of sulfonamides is 2. The summed E-state index contributed by atoms with van der Waals surface area (Å²) in [6.45, 7) is 10.9. The smallest absolute Gasteiger partial charge is 0.460 e. The van der Waals surface area contributed by atoms with Gasteiger partial charge in [-0.3, -0.25) is 9.44 Å². The highest BCUT2D eigenvalue weighted by molar-refractivity contribution is 7.93. The molecule has 0 spiro atoms. The fourth-order valence-electron chi connectivity index (χ4n) is 6.61. The van der Waals surface area contributed by atoms with Crippen molar-refractivity contribution >= 4 is 99.0 Å². The number of alkyl halides is 6. The summed E-state index contributed by atoms with van der Waals surface area (Å²) in [6, 6.07) is 5.88. The molecule has 2 aromatic heterocycles. The SMILES string of the molecule is CCCCOC(=O)c1nnc(N=Nc2cc3c(cc2NS(=O)(=O)C(F)(F)F)N(CC)CCC3)s1.CCCCOC(=O)c1nnc(N=Nc2cc3c(cc2NS(=O)(=O)CC(F)(F)F)N(CC)CCC3)s1. The lowest BCUT2D eigenvalue weighted by Gasteiger charge is -2.31. The van der Waals surface area contributed by atoms with Crippen LogP contribution in [0.5, 0.6) is 0 Å². The summed E-state index contributed by atoms with van der Waals surface area (Å²) in [6.07, 6.45) is 1.21. The number of carbonyl (C=O) groups excluding carboxylic acids is 2. The Bertz CT molecular complexity index is 2720. The van der Waals surface area contributed by atoms with Crippen LogP contribution >= 0.6 is 22.7 Å². The van der Waals surface area contributed by atoms with Gasteiger partial charge in [-0.2, -0.15) is 34.8 Å². The van der Waals surface area contributed by atoms with Crippen molar-refractivity contribution in [3.63, 3.8) is 0 Å². The monoisotopic (exact) mass is 1050 g/mol. The molecule has 0 unspecified atom stereocenters. The van der Waals surface area contributed by atoms with Gasteiger partial charge in [-0.15, -0.1) is 40.9 Å². The van der Waals surface area contributed by atoms with Crippen molar-refractivity contribution in [3.05, 3.63) is 45.4 Å². The molecule has 0 fully saturated rings. The molecule has 0 atom stereocenters. The summed E-state index contributed by atoms with van der Waals surface area (Å²) < 4.78 is 139. The average Bonchev–Trinajstić information content (AvgIpc) is 3.97. The van der Waals surface area contributed by atoms with Crippen LogP contribution in [-0.2, 0) is 42.4 Å². The molecular formula is C39H48F6N12O8S4. The molecule has 0 bridgehead atoms. The van der Waals surface area contributed by atoms with Crippen LogP contribution in [0, 0.1) is 0 Å². The molecule has 2 aromatic carbocycles. The van der Waals surface area contributed by atoms with Gasteiger partial charge in [0.25, 0.3) is 10.3 Å². The first kappa shape index (κ1) is 54.3. The van der Waals surface area contributed by atoms with Gasteiger partial charge in [-0.1, -0.05) is 49.4 Å². The molecule has 0 amide bonds. The number of esters is 2. The van der Waals surface area contributed by atoms with Gasteiger partial charge in [0.2, 0.25) is 20.0 Å². The number of aromatic nitrogens is 4. The number of anilines is 4. The first-order valence-electron chi connectivity index (χ1n) is 21.4. The molecule has 69 heavy (non-hydrogen) atoms. The zero-order valence-electron chi connectivity index (χ0n) is 37.6. The van der Waals surface area contributed by atoms with Crippen LogP contribution in [0.2, 0.25) is 0 Å². The van der Waals surface area contributed by atoms with Crippen LogP contribution in [-0.4, -0.2) is 106 Å². The highest BCUT2D eigenvalue weighted by Gasteiger charge is 2.46. The maximum Gasteiger partial charge on any atom is 0.516 e. The largest absolute Gasteiger partial charge is 0.516 e. The summed E-state index contributed by atoms with van der Waals surface area (Å²) in [4.78, 5) is 27.9. The second kappa shape index (κ2) is 23.8. The van der Waals surface area contributed by atoms with Crippen LogP contribution in [0.25, 0.3) is 0 Å². The van der Waals surface area contributed by atoms with Gasteiger partial charge in [0.05, 0.1) is 24.6 Å². The predicted octanol–water partition coefficient (Wildman–Crippen LogP) is 9.93. The van der Waals surface area contributed by atoms with E-state index in [0.29, 0.717) is 51.0 Å². The van der Waals surface area contributed by atoms with Gasteiger partial charge < -0.3 is 19.3 Å².